The summed E-state index contributed by atoms with van der Waals surface area (Å²) in [5.74, 6) is 1.77. The summed E-state index contributed by atoms with van der Waals surface area (Å²) in [7, 11) is 3.85. The average molecular weight is 364 g/mol. The molecule has 1 heterocycles. The Kier molecular flexibility index (Phi) is 6.82. The van der Waals surface area contributed by atoms with Crippen LogP contribution < -0.4 is 20.3 Å². The first-order valence-electron chi connectivity index (χ1n) is 7.86. The highest BCUT2D eigenvalue weighted by atomic mass is 35.5. The second-order valence-corrected chi connectivity index (χ2v) is 6.04. The van der Waals surface area contributed by atoms with Crippen molar-refractivity contribution in [3.05, 3.63) is 41.0 Å². The number of rotatable bonds is 8. The molecule has 1 aromatic heterocycles. The van der Waals surface area contributed by atoms with Crippen LogP contribution in [-0.2, 0) is 4.79 Å². The lowest BCUT2D eigenvalue weighted by molar-refractivity contribution is -0.123. The molecule has 2 rings (SSSR count). The number of hydrogen-bond donors (Lipinski definition) is 2. The number of amides is 1. The van der Waals surface area contributed by atoms with E-state index >= 15 is 0 Å². The molecule has 8 heteroatoms. The Morgan fingerprint density at radius 3 is 2.60 bits per heavy atom. The minimum atomic E-state index is -0.198. The Morgan fingerprint density at radius 1 is 1.20 bits per heavy atom. The van der Waals surface area contributed by atoms with Crippen LogP contribution in [0.15, 0.2) is 30.3 Å². The predicted octanol–water partition coefficient (Wildman–Crippen LogP) is 2.11. The van der Waals surface area contributed by atoms with Gasteiger partial charge in [-0.1, -0.05) is 11.6 Å². The van der Waals surface area contributed by atoms with Gasteiger partial charge in [0, 0.05) is 44.0 Å². The van der Waals surface area contributed by atoms with Crippen molar-refractivity contribution in [2.24, 2.45) is 0 Å². The van der Waals surface area contributed by atoms with E-state index in [1.54, 1.807) is 24.3 Å². The van der Waals surface area contributed by atoms with Gasteiger partial charge in [-0.15, -0.1) is 0 Å². The van der Waals surface area contributed by atoms with Crippen LogP contribution in [0.1, 0.15) is 5.69 Å². The highest BCUT2D eigenvalue weighted by molar-refractivity contribution is 6.30. The van der Waals surface area contributed by atoms with Gasteiger partial charge in [0.05, 0.1) is 0 Å². The molecular weight excluding hydrogens is 342 g/mol. The first-order chi connectivity index (χ1) is 11.9. The van der Waals surface area contributed by atoms with Crippen LogP contribution in [-0.4, -0.2) is 49.7 Å². The van der Waals surface area contributed by atoms with Crippen LogP contribution in [0.5, 0.6) is 5.75 Å². The van der Waals surface area contributed by atoms with Crippen LogP contribution in [0.4, 0.5) is 11.8 Å². The minimum absolute atomic E-state index is 0.0483. The molecular formula is C17H22ClN5O2. The highest BCUT2D eigenvalue weighted by Crippen LogP contribution is 2.15. The Labute approximate surface area is 152 Å². The van der Waals surface area contributed by atoms with E-state index in [0.717, 1.165) is 11.5 Å². The molecule has 0 aliphatic carbocycles. The Balaban J connectivity index is 1.70. The molecule has 0 spiro atoms. The lowest BCUT2D eigenvalue weighted by Crippen LogP contribution is -2.33. The van der Waals surface area contributed by atoms with Gasteiger partial charge in [0.1, 0.15) is 11.6 Å². The quantitative estimate of drug-likeness (QED) is 0.699. The average Bonchev–Trinajstić information content (AvgIpc) is 2.57. The molecule has 0 saturated carbocycles. The van der Waals surface area contributed by atoms with Crippen molar-refractivity contribution in [2.75, 3.05) is 44.0 Å². The second-order valence-electron chi connectivity index (χ2n) is 5.60. The fourth-order valence-electron chi connectivity index (χ4n) is 1.97. The van der Waals surface area contributed by atoms with Crippen LogP contribution in [0.2, 0.25) is 5.02 Å². The molecule has 7 nitrogen and oxygen atoms in total. The monoisotopic (exact) mass is 363 g/mol. The maximum Gasteiger partial charge on any atom is 0.258 e. The molecule has 0 atom stereocenters. The topological polar surface area (TPSA) is 79.4 Å². The summed E-state index contributed by atoms with van der Waals surface area (Å²) in [6.45, 7) is 2.82. The molecule has 0 fully saturated rings. The number of nitrogens with zero attached hydrogens (tertiary/aromatic N) is 3. The predicted molar refractivity (Wildman–Crippen MR) is 99.5 cm³/mol. The molecule has 0 aliphatic heterocycles. The van der Waals surface area contributed by atoms with E-state index in [2.05, 4.69) is 20.6 Å². The lowest BCUT2D eigenvalue weighted by atomic mass is 10.3. The zero-order valence-electron chi connectivity index (χ0n) is 14.5. The van der Waals surface area contributed by atoms with Crippen LogP contribution >= 0.6 is 11.6 Å². The number of carbonyl (C=O) groups is 1. The van der Waals surface area contributed by atoms with Gasteiger partial charge in [0.15, 0.2) is 6.61 Å². The Bertz CT molecular complexity index is 707. The third-order valence-corrected chi connectivity index (χ3v) is 3.46. The third-order valence-electron chi connectivity index (χ3n) is 3.21. The van der Waals surface area contributed by atoms with Gasteiger partial charge in [-0.05, 0) is 31.2 Å². The second kappa shape index (κ2) is 9.08. The van der Waals surface area contributed by atoms with Crippen molar-refractivity contribution in [1.82, 2.24) is 15.3 Å². The Morgan fingerprint density at radius 2 is 1.92 bits per heavy atom. The van der Waals surface area contributed by atoms with E-state index < -0.39 is 0 Å². The van der Waals surface area contributed by atoms with Crippen molar-refractivity contribution in [2.45, 2.75) is 6.92 Å². The van der Waals surface area contributed by atoms with Gasteiger partial charge in [0.25, 0.3) is 5.91 Å². The van der Waals surface area contributed by atoms with Gasteiger partial charge >= 0.3 is 0 Å². The van der Waals surface area contributed by atoms with Crippen LogP contribution in [0, 0.1) is 6.92 Å². The van der Waals surface area contributed by atoms with E-state index in [1.165, 1.54) is 0 Å². The molecule has 25 heavy (non-hydrogen) atoms. The van der Waals surface area contributed by atoms with E-state index in [0.29, 0.717) is 29.8 Å². The molecule has 0 bridgehead atoms. The van der Waals surface area contributed by atoms with Crippen molar-refractivity contribution in [3.8, 4) is 5.75 Å². The number of halogens is 1. The summed E-state index contributed by atoms with van der Waals surface area (Å²) in [6, 6.07) is 8.76. The number of aryl methyl sites for hydroxylation is 1. The van der Waals surface area contributed by atoms with Crippen molar-refractivity contribution >= 4 is 29.3 Å². The van der Waals surface area contributed by atoms with Crippen molar-refractivity contribution in [1.29, 1.82) is 0 Å². The standard InChI is InChI=1S/C17H22ClN5O2/c1-12-10-15(23(2)3)22-17(21-12)20-9-8-19-16(24)11-25-14-6-4-13(18)5-7-14/h4-7,10H,8-9,11H2,1-3H3,(H,19,24)(H,20,21,22). The summed E-state index contributed by atoms with van der Waals surface area (Å²) >= 11 is 5.79. The number of anilines is 2. The van der Waals surface area contributed by atoms with Crippen LogP contribution in [0.25, 0.3) is 0 Å². The molecule has 1 aromatic carbocycles. The number of carbonyl (C=O) groups excluding carboxylic acids is 1. The minimum Gasteiger partial charge on any atom is -0.484 e. The molecule has 0 saturated heterocycles. The highest BCUT2D eigenvalue weighted by Gasteiger charge is 2.05. The van der Waals surface area contributed by atoms with E-state index in [1.807, 2.05) is 32.0 Å². The number of hydrogen-bond acceptors (Lipinski definition) is 6. The Hall–Kier alpha value is -2.54. The van der Waals surface area contributed by atoms with Gasteiger partial charge in [-0.25, -0.2) is 4.98 Å². The molecule has 134 valence electrons. The number of benzene rings is 1. The number of ether oxygens (including phenoxy) is 1. The zero-order valence-corrected chi connectivity index (χ0v) is 15.3. The number of aromatic nitrogens is 2. The first-order valence-corrected chi connectivity index (χ1v) is 8.24. The lowest BCUT2D eigenvalue weighted by Gasteiger charge is -2.14. The molecule has 0 unspecified atom stereocenters. The summed E-state index contributed by atoms with van der Waals surface area (Å²) < 4.78 is 5.37. The van der Waals surface area contributed by atoms with E-state index in [4.69, 9.17) is 16.3 Å². The van der Waals surface area contributed by atoms with Gasteiger partial charge in [0.2, 0.25) is 5.95 Å². The van der Waals surface area contributed by atoms with E-state index in [-0.39, 0.29) is 12.5 Å². The number of nitrogens with one attached hydrogen (secondary N) is 2. The normalized spacial score (nSPS) is 10.2. The largest absolute Gasteiger partial charge is 0.484 e. The molecule has 2 aromatic rings. The molecule has 1 amide bonds. The maximum atomic E-state index is 11.8. The summed E-state index contributed by atoms with van der Waals surface area (Å²) in [6.07, 6.45) is 0. The van der Waals surface area contributed by atoms with Gasteiger partial charge in [-0.2, -0.15) is 4.98 Å². The molecule has 0 radical (unpaired) electrons. The van der Waals surface area contributed by atoms with Crippen LogP contribution in [0.3, 0.4) is 0 Å². The summed E-state index contributed by atoms with van der Waals surface area (Å²) in [4.78, 5) is 22.4. The maximum absolute atomic E-state index is 11.8. The first kappa shape index (κ1) is 18.8. The third kappa shape index (κ3) is 6.46. The summed E-state index contributed by atoms with van der Waals surface area (Å²) in [5, 5.41) is 6.49. The van der Waals surface area contributed by atoms with Gasteiger partial charge in [-0.3, -0.25) is 4.79 Å². The molecule has 0 aliphatic rings. The smallest absolute Gasteiger partial charge is 0.258 e. The zero-order chi connectivity index (χ0) is 18.2. The van der Waals surface area contributed by atoms with Gasteiger partial charge < -0.3 is 20.3 Å². The SMILES string of the molecule is Cc1cc(N(C)C)nc(NCCNC(=O)COc2ccc(Cl)cc2)n1. The molecule has 2 N–H and O–H groups in total. The fourth-order valence-corrected chi connectivity index (χ4v) is 2.09. The fraction of sp³-hybridized carbons (Fsp3) is 0.353. The van der Waals surface area contributed by atoms with E-state index in [9.17, 15) is 4.79 Å². The van der Waals surface area contributed by atoms with Crippen molar-refractivity contribution < 1.29 is 9.53 Å². The summed E-state index contributed by atoms with van der Waals surface area (Å²) in [5.41, 5.74) is 0.876. The van der Waals surface area contributed by atoms with Crippen molar-refractivity contribution in [3.63, 3.8) is 0 Å².